The largest absolute Gasteiger partial charge is 0.466 e. The maximum absolute atomic E-state index is 11.0. The molecule has 5 heteroatoms. The van der Waals surface area contributed by atoms with E-state index in [9.17, 15) is 4.79 Å². The van der Waals surface area contributed by atoms with Gasteiger partial charge in [-0.2, -0.15) is 0 Å². The molecule has 94 valence electrons. The topological polar surface area (TPSA) is 68.3 Å². The van der Waals surface area contributed by atoms with Crippen LogP contribution in [-0.4, -0.2) is 5.91 Å². The number of amides is 1. The first-order chi connectivity index (χ1) is 8.66. The van der Waals surface area contributed by atoms with Crippen molar-refractivity contribution < 1.29 is 9.21 Å². The zero-order valence-corrected chi connectivity index (χ0v) is 11.2. The number of nitrogens with two attached hydrogens (primary N) is 1. The Labute approximate surface area is 113 Å². The van der Waals surface area contributed by atoms with Crippen LogP contribution < -0.4 is 11.1 Å². The van der Waals surface area contributed by atoms with Gasteiger partial charge in [-0.25, -0.2) is 0 Å². The Morgan fingerprint density at radius 3 is 2.78 bits per heavy atom. The lowest BCUT2D eigenvalue weighted by atomic mass is 10.1. The lowest BCUT2D eigenvalue weighted by Crippen LogP contribution is -2.15. The fraction of sp³-hybridized carbons (Fsp3) is 0.154. The molecule has 1 amide bonds. The van der Waals surface area contributed by atoms with Crippen LogP contribution >= 0.6 is 15.9 Å². The second kappa shape index (κ2) is 5.73. The molecule has 0 saturated heterocycles. The predicted molar refractivity (Wildman–Crippen MR) is 73.1 cm³/mol. The Hall–Kier alpha value is -1.75. The Morgan fingerprint density at radius 1 is 1.33 bits per heavy atom. The monoisotopic (exact) mass is 308 g/mol. The molecular weight excluding hydrogens is 296 g/mol. The van der Waals surface area contributed by atoms with Crippen LogP contribution in [0.4, 0.5) is 5.69 Å². The number of furan rings is 1. The number of anilines is 1. The van der Waals surface area contributed by atoms with E-state index in [1.807, 2.05) is 30.3 Å². The minimum atomic E-state index is -0.344. The van der Waals surface area contributed by atoms with Crippen LogP contribution in [0.1, 0.15) is 11.3 Å². The molecule has 3 N–H and O–H groups in total. The van der Waals surface area contributed by atoms with Gasteiger partial charge in [-0.1, -0.05) is 18.2 Å². The Kier molecular flexibility index (Phi) is 4.04. The van der Waals surface area contributed by atoms with Gasteiger partial charge < -0.3 is 15.5 Å². The normalized spacial score (nSPS) is 10.3. The number of rotatable bonds is 5. The minimum absolute atomic E-state index is 0.225. The average Bonchev–Trinajstić information content (AvgIpc) is 2.73. The molecule has 0 saturated carbocycles. The standard InChI is InChI=1S/C13H13BrN2O2/c14-10-5-6-18-12(10)8-16-11-4-2-1-3-9(11)7-13(15)17/h1-6,16H,7-8H2,(H2,15,17). The van der Waals surface area contributed by atoms with Crippen LogP contribution in [0.2, 0.25) is 0 Å². The number of carbonyl (C=O) groups excluding carboxylic acids is 1. The summed E-state index contributed by atoms with van der Waals surface area (Å²) in [6.45, 7) is 0.545. The van der Waals surface area contributed by atoms with Gasteiger partial charge in [-0.15, -0.1) is 0 Å². The zero-order valence-electron chi connectivity index (χ0n) is 9.65. The molecule has 0 unspecified atom stereocenters. The maximum atomic E-state index is 11.0. The fourth-order valence-corrected chi connectivity index (χ4v) is 2.00. The highest BCUT2D eigenvalue weighted by molar-refractivity contribution is 9.10. The molecule has 0 aliphatic rings. The van der Waals surface area contributed by atoms with Gasteiger partial charge in [0, 0.05) is 5.69 Å². The smallest absolute Gasteiger partial charge is 0.221 e. The second-order valence-corrected chi connectivity index (χ2v) is 4.70. The molecule has 0 spiro atoms. The highest BCUT2D eigenvalue weighted by Crippen LogP contribution is 2.21. The number of benzene rings is 1. The Bertz CT molecular complexity index is 551. The molecule has 4 nitrogen and oxygen atoms in total. The summed E-state index contributed by atoms with van der Waals surface area (Å²) in [6.07, 6.45) is 1.85. The van der Waals surface area contributed by atoms with Gasteiger partial charge in [0.1, 0.15) is 5.76 Å². The van der Waals surface area contributed by atoms with Crippen LogP contribution in [0.25, 0.3) is 0 Å². The highest BCUT2D eigenvalue weighted by Gasteiger charge is 2.07. The van der Waals surface area contributed by atoms with Crippen molar-refractivity contribution in [2.75, 3.05) is 5.32 Å². The SMILES string of the molecule is NC(=O)Cc1ccccc1NCc1occc1Br. The summed E-state index contributed by atoms with van der Waals surface area (Å²) in [7, 11) is 0. The second-order valence-electron chi connectivity index (χ2n) is 3.85. The third kappa shape index (κ3) is 3.13. The summed E-state index contributed by atoms with van der Waals surface area (Å²) in [5, 5.41) is 3.23. The van der Waals surface area contributed by atoms with Gasteiger partial charge in [0.15, 0.2) is 0 Å². The molecule has 0 bridgehead atoms. The van der Waals surface area contributed by atoms with Crippen molar-refractivity contribution >= 4 is 27.5 Å². The Morgan fingerprint density at radius 2 is 2.11 bits per heavy atom. The van der Waals surface area contributed by atoms with E-state index in [1.54, 1.807) is 6.26 Å². The van der Waals surface area contributed by atoms with Crippen molar-refractivity contribution in [1.29, 1.82) is 0 Å². The number of primary amides is 1. The first-order valence-corrected chi connectivity index (χ1v) is 6.28. The van der Waals surface area contributed by atoms with Gasteiger partial charge in [-0.3, -0.25) is 4.79 Å². The number of hydrogen-bond acceptors (Lipinski definition) is 3. The van der Waals surface area contributed by atoms with E-state index in [1.165, 1.54) is 0 Å². The molecule has 1 heterocycles. The predicted octanol–water partition coefficient (Wildman–Crippen LogP) is 2.68. The van der Waals surface area contributed by atoms with Crippen LogP contribution in [0.3, 0.4) is 0 Å². The van der Waals surface area contributed by atoms with Crippen molar-refractivity contribution in [2.24, 2.45) is 5.73 Å². The maximum Gasteiger partial charge on any atom is 0.221 e. The van der Waals surface area contributed by atoms with E-state index >= 15 is 0 Å². The quantitative estimate of drug-likeness (QED) is 0.892. The molecule has 0 aliphatic carbocycles. The zero-order chi connectivity index (χ0) is 13.0. The summed E-state index contributed by atoms with van der Waals surface area (Å²) in [5.74, 6) is 0.465. The number of carbonyl (C=O) groups is 1. The average molecular weight is 309 g/mol. The Balaban J connectivity index is 2.09. The summed E-state index contributed by atoms with van der Waals surface area (Å²) in [4.78, 5) is 11.0. The minimum Gasteiger partial charge on any atom is -0.466 e. The third-order valence-corrected chi connectivity index (χ3v) is 3.22. The van der Waals surface area contributed by atoms with Gasteiger partial charge >= 0.3 is 0 Å². The van der Waals surface area contributed by atoms with E-state index in [4.69, 9.17) is 10.2 Å². The molecule has 0 atom stereocenters. The van der Waals surface area contributed by atoms with Crippen molar-refractivity contribution in [2.45, 2.75) is 13.0 Å². The van der Waals surface area contributed by atoms with Gasteiger partial charge in [0.2, 0.25) is 5.91 Å². The van der Waals surface area contributed by atoms with E-state index < -0.39 is 0 Å². The van der Waals surface area contributed by atoms with Crippen LogP contribution in [-0.2, 0) is 17.8 Å². The van der Waals surface area contributed by atoms with Crippen molar-refractivity contribution in [3.05, 3.63) is 52.4 Å². The summed E-state index contributed by atoms with van der Waals surface area (Å²) in [6, 6.07) is 9.42. The molecular formula is C13H13BrN2O2. The summed E-state index contributed by atoms with van der Waals surface area (Å²) in [5.41, 5.74) is 6.99. The lowest BCUT2D eigenvalue weighted by Gasteiger charge is -2.10. The third-order valence-electron chi connectivity index (χ3n) is 2.51. The highest BCUT2D eigenvalue weighted by atomic mass is 79.9. The molecule has 0 aliphatic heterocycles. The summed E-state index contributed by atoms with van der Waals surface area (Å²) < 4.78 is 6.22. The summed E-state index contributed by atoms with van der Waals surface area (Å²) >= 11 is 3.39. The first kappa shape index (κ1) is 12.7. The van der Waals surface area contributed by atoms with Gasteiger partial charge in [-0.05, 0) is 33.6 Å². The van der Waals surface area contributed by atoms with Crippen LogP contribution in [0.15, 0.2) is 45.5 Å². The molecule has 2 rings (SSSR count). The molecule has 1 aromatic heterocycles. The number of halogens is 1. The van der Waals surface area contributed by atoms with E-state index in [-0.39, 0.29) is 12.3 Å². The van der Waals surface area contributed by atoms with Crippen molar-refractivity contribution in [3.8, 4) is 0 Å². The van der Waals surface area contributed by atoms with Crippen LogP contribution in [0, 0.1) is 0 Å². The number of nitrogens with one attached hydrogen (secondary N) is 1. The van der Waals surface area contributed by atoms with Gasteiger partial charge in [0.25, 0.3) is 0 Å². The fourth-order valence-electron chi connectivity index (χ4n) is 1.66. The lowest BCUT2D eigenvalue weighted by molar-refractivity contribution is -0.117. The number of hydrogen-bond donors (Lipinski definition) is 2. The van der Waals surface area contributed by atoms with Crippen LogP contribution in [0.5, 0.6) is 0 Å². The van der Waals surface area contributed by atoms with Crippen molar-refractivity contribution in [1.82, 2.24) is 0 Å². The first-order valence-electron chi connectivity index (χ1n) is 5.49. The molecule has 2 aromatic rings. The van der Waals surface area contributed by atoms with Crippen molar-refractivity contribution in [3.63, 3.8) is 0 Å². The van der Waals surface area contributed by atoms with E-state index in [0.29, 0.717) is 6.54 Å². The molecule has 0 fully saturated rings. The van der Waals surface area contributed by atoms with E-state index in [0.717, 1.165) is 21.5 Å². The molecule has 0 radical (unpaired) electrons. The molecule has 1 aromatic carbocycles. The van der Waals surface area contributed by atoms with Gasteiger partial charge in [0.05, 0.1) is 23.7 Å². The number of para-hydroxylation sites is 1. The van der Waals surface area contributed by atoms with E-state index in [2.05, 4.69) is 21.2 Å². The molecule has 18 heavy (non-hydrogen) atoms.